The molecule has 0 saturated carbocycles. The number of aromatic nitrogens is 2. The highest BCUT2D eigenvalue weighted by atomic mass is 16.5. The van der Waals surface area contributed by atoms with Crippen molar-refractivity contribution in [3.05, 3.63) is 95.4 Å². The van der Waals surface area contributed by atoms with E-state index in [9.17, 15) is 0 Å². The molecule has 4 nitrogen and oxygen atoms in total. The van der Waals surface area contributed by atoms with Crippen molar-refractivity contribution >= 4 is 10.9 Å². The molecule has 0 fully saturated rings. The smallest absolute Gasteiger partial charge is 0.127 e. The topological polar surface area (TPSA) is 47.0 Å². The number of hydrogen-bond donors (Lipinski definition) is 1. The fraction of sp³-hybridized carbons (Fsp3) is 0.259. The van der Waals surface area contributed by atoms with E-state index in [0.717, 1.165) is 33.7 Å². The molecule has 4 rings (SSSR count). The predicted octanol–water partition coefficient (Wildman–Crippen LogP) is 6.52. The average molecular weight is 412 g/mol. The number of nitrogens with one attached hydrogen (secondary N) is 1. The summed E-state index contributed by atoms with van der Waals surface area (Å²) in [5.74, 6) is 1.63. The number of para-hydroxylation sites is 1. The van der Waals surface area contributed by atoms with Crippen LogP contribution < -0.4 is 10.1 Å². The molecule has 1 heterocycles. The zero-order valence-electron chi connectivity index (χ0n) is 18.8. The lowest BCUT2D eigenvalue weighted by molar-refractivity contribution is 0.388. The lowest BCUT2D eigenvalue weighted by atomic mass is 9.95. The summed E-state index contributed by atoms with van der Waals surface area (Å²) in [6.45, 7) is 10.8. The van der Waals surface area contributed by atoms with Gasteiger partial charge in [0.25, 0.3) is 0 Å². The van der Waals surface area contributed by atoms with Crippen LogP contribution in [0.15, 0.2) is 73.1 Å². The Labute approximate surface area is 184 Å². The molecule has 0 aliphatic rings. The average Bonchev–Trinajstić information content (AvgIpc) is 2.73. The van der Waals surface area contributed by atoms with Crippen molar-refractivity contribution in [1.29, 1.82) is 0 Å². The van der Waals surface area contributed by atoms with Crippen molar-refractivity contribution in [3.8, 4) is 11.5 Å². The molecule has 158 valence electrons. The number of rotatable bonds is 5. The molecule has 0 saturated heterocycles. The molecule has 0 spiro atoms. The van der Waals surface area contributed by atoms with Crippen LogP contribution in [0, 0.1) is 13.8 Å². The van der Waals surface area contributed by atoms with Gasteiger partial charge in [-0.05, 0) is 87.7 Å². The van der Waals surface area contributed by atoms with E-state index in [1.54, 1.807) is 6.33 Å². The third-order valence-electron chi connectivity index (χ3n) is 5.32. The van der Waals surface area contributed by atoms with Crippen molar-refractivity contribution < 1.29 is 4.74 Å². The molecule has 0 aliphatic heterocycles. The van der Waals surface area contributed by atoms with Crippen LogP contribution in [0.1, 0.15) is 49.2 Å². The minimum absolute atomic E-state index is 0.0709. The molecule has 31 heavy (non-hydrogen) atoms. The van der Waals surface area contributed by atoms with E-state index in [1.807, 2.05) is 42.5 Å². The van der Waals surface area contributed by atoms with Gasteiger partial charge in [-0.15, -0.1) is 0 Å². The zero-order valence-corrected chi connectivity index (χ0v) is 18.8. The van der Waals surface area contributed by atoms with Gasteiger partial charge >= 0.3 is 0 Å². The van der Waals surface area contributed by atoms with Gasteiger partial charge in [0, 0.05) is 10.9 Å². The zero-order chi connectivity index (χ0) is 22.0. The Hall–Kier alpha value is -3.24. The molecule has 0 bridgehead atoms. The number of benzene rings is 3. The Morgan fingerprint density at radius 3 is 2.13 bits per heavy atom. The Kier molecular flexibility index (Phi) is 5.75. The highest BCUT2D eigenvalue weighted by Crippen LogP contribution is 2.31. The summed E-state index contributed by atoms with van der Waals surface area (Å²) < 4.78 is 5.97. The van der Waals surface area contributed by atoms with Gasteiger partial charge in [0.2, 0.25) is 0 Å². The second-order valence-corrected chi connectivity index (χ2v) is 9.02. The SMILES string of the molecule is Cc1cc2ncnc([C@H](NC(C)(C)C)c3ccc(Oc4ccccc4)cc3)c2cc1C. The van der Waals surface area contributed by atoms with Gasteiger partial charge in [-0.25, -0.2) is 9.97 Å². The van der Waals surface area contributed by atoms with E-state index in [-0.39, 0.29) is 11.6 Å². The van der Waals surface area contributed by atoms with E-state index in [0.29, 0.717) is 0 Å². The quantitative estimate of drug-likeness (QED) is 0.406. The van der Waals surface area contributed by atoms with Crippen LogP contribution in [0.4, 0.5) is 0 Å². The van der Waals surface area contributed by atoms with E-state index in [4.69, 9.17) is 9.72 Å². The van der Waals surface area contributed by atoms with Crippen molar-refractivity contribution in [2.75, 3.05) is 0 Å². The van der Waals surface area contributed by atoms with Gasteiger partial charge in [-0.1, -0.05) is 30.3 Å². The number of hydrogen-bond acceptors (Lipinski definition) is 4. The Balaban J connectivity index is 1.74. The maximum atomic E-state index is 5.97. The van der Waals surface area contributed by atoms with E-state index in [2.05, 4.69) is 69.2 Å². The minimum atomic E-state index is -0.0963. The molecular formula is C27H29N3O. The number of fused-ring (bicyclic) bond motifs is 1. The summed E-state index contributed by atoms with van der Waals surface area (Å²) >= 11 is 0. The Morgan fingerprint density at radius 1 is 0.806 bits per heavy atom. The van der Waals surface area contributed by atoms with Crippen LogP contribution in [0.3, 0.4) is 0 Å². The second kappa shape index (κ2) is 8.48. The Morgan fingerprint density at radius 2 is 1.45 bits per heavy atom. The van der Waals surface area contributed by atoms with Crippen molar-refractivity contribution in [2.24, 2.45) is 0 Å². The van der Waals surface area contributed by atoms with E-state index in [1.165, 1.54) is 11.1 Å². The van der Waals surface area contributed by atoms with Gasteiger partial charge in [0.15, 0.2) is 0 Å². The molecular weight excluding hydrogens is 382 g/mol. The van der Waals surface area contributed by atoms with Crippen LogP contribution in [0.25, 0.3) is 10.9 Å². The normalized spacial score (nSPS) is 12.7. The summed E-state index contributed by atoms with van der Waals surface area (Å²) in [4.78, 5) is 9.24. The number of ether oxygens (including phenoxy) is 1. The molecule has 1 atom stereocenters. The van der Waals surface area contributed by atoms with Crippen LogP contribution in [-0.2, 0) is 0 Å². The lowest BCUT2D eigenvalue weighted by Crippen LogP contribution is -2.39. The summed E-state index contributed by atoms with van der Waals surface area (Å²) in [5.41, 5.74) is 5.47. The van der Waals surface area contributed by atoms with Crippen molar-refractivity contribution in [2.45, 2.75) is 46.2 Å². The molecule has 1 aromatic heterocycles. The van der Waals surface area contributed by atoms with Gasteiger partial charge < -0.3 is 10.1 Å². The summed E-state index contributed by atoms with van der Waals surface area (Å²) in [6, 6.07) is 22.3. The van der Waals surface area contributed by atoms with Crippen LogP contribution in [0.2, 0.25) is 0 Å². The fourth-order valence-electron chi connectivity index (χ4n) is 3.66. The molecule has 1 N–H and O–H groups in total. The molecule has 0 aliphatic carbocycles. The highest BCUT2D eigenvalue weighted by molar-refractivity contribution is 5.83. The maximum Gasteiger partial charge on any atom is 0.127 e. The van der Waals surface area contributed by atoms with E-state index < -0.39 is 0 Å². The first-order chi connectivity index (χ1) is 14.8. The molecule has 0 unspecified atom stereocenters. The molecule has 0 amide bonds. The Bertz CT molecular complexity index is 1180. The minimum Gasteiger partial charge on any atom is -0.457 e. The number of aryl methyl sites for hydroxylation is 2. The molecule has 4 aromatic rings. The van der Waals surface area contributed by atoms with Gasteiger partial charge in [-0.2, -0.15) is 0 Å². The van der Waals surface area contributed by atoms with Crippen molar-refractivity contribution in [1.82, 2.24) is 15.3 Å². The largest absolute Gasteiger partial charge is 0.457 e. The van der Waals surface area contributed by atoms with Crippen LogP contribution in [-0.4, -0.2) is 15.5 Å². The first-order valence-corrected chi connectivity index (χ1v) is 10.6. The molecule has 3 aromatic carbocycles. The van der Waals surface area contributed by atoms with E-state index >= 15 is 0 Å². The first kappa shape index (κ1) is 21.0. The monoisotopic (exact) mass is 411 g/mol. The predicted molar refractivity (Wildman–Crippen MR) is 127 cm³/mol. The van der Waals surface area contributed by atoms with Crippen LogP contribution >= 0.6 is 0 Å². The molecule has 4 heteroatoms. The maximum absolute atomic E-state index is 5.97. The number of nitrogens with zero attached hydrogens (tertiary/aromatic N) is 2. The van der Waals surface area contributed by atoms with Gasteiger partial charge in [0.05, 0.1) is 17.3 Å². The lowest BCUT2D eigenvalue weighted by Gasteiger charge is -2.29. The summed E-state index contributed by atoms with van der Waals surface area (Å²) in [6.07, 6.45) is 1.66. The summed E-state index contributed by atoms with van der Waals surface area (Å²) in [5, 5.41) is 4.83. The summed E-state index contributed by atoms with van der Waals surface area (Å²) in [7, 11) is 0. The standard InChI is InChI=1S/C27H29N3O/c1-18-15-23-24(16-19(18)2)28-17-29-26(23)25(30-27(3,4)5)20-11-13-22(14-12-20)31-21-9-7-6-8-10-21/h6-17,25,30H,1-5H3/t25-/m1/s1. The molecule has 0 radical (unpaired) electrons. The first-order valence-electron chi connectivity index (χ1n) is 10.6. The third-order valence-corrected chi connectivity index (χ3v) is 5.32. The van der Waals surface area contributed by atoms with Crippen molar-refractivity contribution in [3.63, 3.8) is 0 Å². The van der Waals surface area contributed by atoms with Gasteiger partial charge in [-0.3, -0.25) is 0 Å². The second-order valence-electron chi connectivity index (χ2n) is 9.02. The third kappa shape index (κ3) is 4.92. The highest BCUT2D eigenvalue weighted by Gasteiger charge is 2.24. The fourth-order valence-corrected chi connectivity index (χ4v) is 3.66. The van der Waals surface area contributed by atoms with Crippen LogP contribution in [0.5, 0.6) is 11.5 Å². The van der Waals surface area contributed by atoms with Gasteiger partial charge in [0.1, 0.15) is 17.8 Å².